The van der Waals surface area contributed by atoms with Gasteiger partial charge in [-0.15, -0.1) is 0 Å². The van der Waals surface area contributed by atoms with Crippen LogP contribution in [0.1, 0.15) is 18.4 Å². The molecule has 0 saturated carbocycles. The van der Waals surface area contributed by atoms with E-state index in [4.69, 9.17) is 5.73 Å². The molecule has 1 saturated heterocycles. The summed E-state index contributed by atoms with van der Waals surface area (Å²) in [5.74, 6) is -0.408. The molecule has 1 aliphatic rings. The van der Waals surface area contributed by atoms with Gasteiger partial charge in [0.25, 0.3) is 0 Å². The number of carbonyl (C=O) groups is 2. The van der Waals surface area contributed by atoms with E-state index >= 15 is 0 Å². The van der Waals surface area contributed by atoms with Gasteiger partial charge < -0.3 is 10.6 Å². The maximum Gasteiger partial charge on any atom is 0.240 e. The summed E-state index contributed by atoms with van der Waals surface area (Å²) in [6.45, 7) is 0.466. The zero-order chi connectivity index (χ0) is 11.5. The van der Waals surface area contributed by atoms with Crippen molar-refractivity contribution >= 4 is 11.8 Å². The number of primary amides is 1. The van der Waals surface area contributed by atoms with Crippen LogP contribution in [0, 0.1) is 0 Å². The van der Waals surface area contributed by atoms with Gasteiger partial charge in [-0.05, 0) is 12.0 Å². The predicted molar refractivity (Wildman–Crippen MR) is 59.2 cm³/mol. The molecule has 1 aliphatic heterocycles. The van der Waals surface area contributed by atoms with E-state index < -0.39 is 11.9 Å². The molecule has 2 N–H and O–H groups in total. The van der Waals surface area contributed by atoms with Crippen molar-refractivity contribution in [2.45, 2.75) is 25.4 Å². The van der Waals surface area contributed by atoms with E-state index in [0.717, 1.165) is 5.56 Å². The minimum atomic E-state index is -0.437. The number of nitrogens with zero attached hydrogens (tertiary/aromatic N) is 1. The van der Waals surface area contributed by atoms with E-state index in [2.05, 4.69) is 0 Å². The summed E-state index contributed by atoms with van der Waals surface area (Å²) in [5.41, 5.74) is 6.29. The van der Waals surface area contributed by atoms with Crippen molar-refractivity contribution in [3.05, 3.63) is 35.9 Å². The first kappa shape index (κ1) is 10.7. The third-order valence-corrected chi connectivity index (χ3v) is 2.85. The lowest BCUT2D eigenvalue weighted by atomic mass is 10.2. The Labute approximate surface area is 94.0 Å². The molecule has 2 rings (SSSR count). The predicted octanol–water partition coefficient (Wildman–Crippen LogP) is 0.663. The van der Waals surface area contributed by atoms with Crippen molar-refractivity contribution in [1.82, 2.24) is 4.90 Å². The highest BCUT2D eigenvalue weighted by Crippen LogP contribution is 2.20. The van der Waals surface area contributed by atoms with E-state index in [-0.39, 0.29) is 5.91 Å². The van der Waals surface area contributed by atoms with Crippen LogP contribution < -0.4 is 5.73 Å². The van der Waals surface area contributed by atoms with Crippen LogP contribution in [0.5, 0.6) is 0 Å². The Hall–Kier alpha value is -1.84. The lowest BCUT2D eigenvalue weighted by Gasteiger charge is -2.22. The molecule has 0 aromatic heterocycles. The first-order chi connectivity index (χ1) is 7.68. The van der Waals surface area contributed by atoms with Crippen LogP contribution >= 0.6 is 0 Å². The molecule has 1 heterocycles. The van der Waals surface area contributed by atoms with Gasteiger partial charge >= 0.3 is 0 Å². The van der Waals surface area contributed by atoms with Gasteiger partial charge in [0, 0.05) is 13.0 Å². The summed E-state index contributed by atoms with van der Waals surface area (Å²) in [5, 5.41) is 0. The minimum absolute atomic E-state index is 0.00709. The average Bonchev–Trinajstić information content (AvgIpc) is 2.62. The number of carbonyl (C=O) groups excluding carboxylic acids is 2. The Bertz CT molecular complexity index is 403. The molecule has 4 heteroatoms. The monoisotopic (exact) mass is 218 g/mol. The molecule has 0 aliphatic carbocycles. The minimum Gasteiger partial charge on any atom is -0.368 e. The lowest BCUT2D eigenvalue weighted by molar-refractivity contribution is -0.134. The number of amides is 2. The molecular weight excluding hydrogens is 204 g/mol. The Balaban J connectivity index is 2.13. The molecular formula is C12H14N2O2. The molecule has 0 spiro atoms. The standard InChI is InChI=1S/C12H14N2O2/c13-12(16)10-6-7-11(15)14(10)8-9-4-2-1-3-5-9/h1-5,10H,6-8H2,(H2,13,16)/t10-/m0/s1. The third-order valence-electron chi connectivity index (χ3n) is 2.85. The summed E-state index contributed by atoms with van der Waals surface area (Å²) in [7, 11) is 0. The summed E-state index contributed by atoms with van der Waals surface area (Å²) in [4.78, 5) is 24.4. The first-order valence-corrected chi connectivity index (χ1v) is 5.31. The second kappa shape index (κ2) is 4.35. The Morgan fingerprint density at radius 3 is 2.69 bits per heavy atom. The fourth-order valence-electron chi connectivity index (χ4n) is 2.01. The van der Waals surface area contributed by atoms with Gasteiger partial charge in [0.05, 0.1) is 0 Å². The van der Waals surface area contributed by atoms with Crippen molar-refractivity contribution in [2.75, 3.05) is 0 Å². The van der Waals surface area contributed by atoms with Crippen LogP contribution in [0.2, 0.25) is 0 Å². The number of hydrogen-bond acceptors (Lipinski definition) is 2. The van der Waals surface area contributed by atoms with Crippen LogP contribution in [0.4, 0.5) is 0 Å². The molecule has 84 valence electrons. The highest BCUT2D eigenvalue weighted by Gasteiger charge is 2.34. The number of hydrogen-bond donors (Lipinski definition) is 1. The normalized spacial score (nSPS) is 20.1. The van der Waals surface area contributed by atoms with Crippen LogP contribution in [0.3, 0.4) is 0 Å². The summed E-state index contributed by atoms with van der Waals surface area (Å²) < 4.78 is 0. The van der Waals surface area contributed by atoms with E-state index in [1.807, 2.05) is 30.3 Å². The molecule has 1 aromatic carbocycles. The van der Waals surface area contributed by atoms with Crippen LogP contribution in [-0.4, -0.2) is 22.8 Å². The smallest absolute Gasteiger partial charge is 0.240 e. The lowest BCUT2D eigenvalue weighted by Crippen LogP contribution is -2.41. The second-order valence-corrected chi connectivity index (χ2v) is 3.96. The molecule has 4 nitrogen and oxygen atoms in total. The molecule has 2 amide bonds. The SMILES string of the molecule is NC(=O)[C@@H]1CCC(=O)N1Cc1ccccc1. The van der Waals surface area contributed by atoms with Gasteiger partial charge in [0.15, 0.2) is 0 Å². The Kier molecular flexibility index (Phi) is 2.90. The molecule has 0 radical (unpaired) electrons. The zero-order valence-corrected chi connectivity index (χ0v) is 8.93. The van der Waals surface area contributed by atoms with Gasteiger partial charge in [0.2, 0.25) is 11.8 Å². The largest absolute Gasteiger partial charge is 0.368 e. The highest BCUT2D eigenvalue weighted by molar-refractivity contribution is 5.89. The zero-order valence-electron chi connectivity index (χ0n) is 8.93. The number of rotatable bonds is 3. The fourth-order valence-corrected chi connectivity index (χ4v) is 2.01. The third kappa shape index (κ3) is 2.05. The van der Waals surface area contributed by atoms with Crippen molar-refractivity contribution in [3.63, 3.8) is 0 Å². The molecule has 1 fully saturated rings. The topological polar surface area (TPSA) is 63.4 Å². The van der Waals surface area contributed by atoms with Gasteiger partial charge in [0.1, 0.15) is 6.04 Å². The maximum absolute atomic E-state index is 11.6. The second-order valence-electron chi connectivity index (χ2n) is 3.96. The van der Waals surface area contributed by atoms with Crippen LogP contribution in [0.15, 0.2) is 30.3 Å². The van der Waals surface area contributed by atoms with Gasteiger partial charge in [-0.1, -0.05) is 30.3 Å². The van der Waals surface area contributed by atoms with E-state index in [1.54, 1.807) is 4.90 Å². The van der Waals surface area contributed by atoms with E-state index in [1.165, 1.54) is 0 Å². The number of likely N-dealkylation sites (tertiary alicyclic amines) is 1. The maximum atomic E-state index is 11.6. The van der Waals surface area contributed by atoms with Crippen molar-refractivity contribution in [2.24, 2.45) is 5.73 Å². The number of benzene rings is 1. The molecule has 16 heavy (non-hydrogen) atoms. The molecule has 0 unspecified atom stereocenters. The summed E-state index contributed by atoms with van der Waals surface area (Å²) >= 11 is 0. The fraction of sp³-hybridized carbons (Fsp3) is 0.333. The Morgan fingerprint density at radius 2 is 2.06 bits per heavy atom. The Morgan fingerprint density at radius 1 is 1.38 bits per heavy atom. The van der Waals surface area contributed by atoms with E-state index in [9.17, 15) is 9.59 Å². The van der Waals surface area contributed by atoms with Crippen LogP contribution in [-0.2, 0) is 16.1 Å². The molecule has 1 aromatic rings. The van der Waals surface area contributed by atoms with Crippen molar-refractivity contribution in [3.8, 4) is 0 Å². The first-order valence-electron chi connectivity index (χ1n) is 5.31. The van der Waals surface area contributed by atoms with Crippen molar-refractivity contribution in [1.29, 1.82) is 0 Å². The van der Waals surface area contributed by atoms with Gasteiger partial charge in [-0.25, -0.2) is 0 Å². The van der Waals surface area contributed by atoms with Crippen LogP contribution in [0.25, 0.3) is 0 Å². The average molecular weight is 218 g/mol. The van der Waals surface area contributed by atoms with Crippen molar-refractivity contribution < 1.29 is 9.59 Å². The summed E-state index contributed by atoms with van der Waals surface area (Å²) in [6.07, 6.45) is 0.960. The summed E-state index contributed by atoms with van der Waals surface area (Å²) in [6, 6.07) is 9.17. The number of nitrogens with two attached hydrogens (primary N) is 1. The van der Waals surface area contributed by atoms with E-state index in [0.29, 0.717) is 19.4 Å². The molecule has 1 atom stereocenters. The quantitative estimate of drug-likeness (QED) is 0.810. The highest BCUT2D eigenvalue weighted by atomic mass is 16.2. The molecule has 0 bridgehead atoms. The van der Waals surface area contributed by atoms with Gasteiger partial charge in [-0.3, -0.25) is 9.59 Å². The van der Waals surface area contributed by atoms with Gasteiger partial charge in [-0.2, -0.15) is 0 Å².